The van der Waals surface area contributed by atoms with Crippen molar-refractivity contribution in [3.8, 4) is 0 Å². The van der Waals surface area contributed by atoms with E-state index in [0.29, 0.717) is 13.0 Å². The topological polar surface area (TPSA) is 57.6 Å². The summed E-state index contributed by atoms with van der Waals surface area (Å²) in [7, 11) is 0. The minimum Gasteiger partial charge on any atom is -0.480 e. The van der Waals surface area contributed by atoms with Gasteiger partial charge in [0.15, 0.2) is 0 Å². The van der Waals surface area contributed by atoms with Gasteiger partial charge >= 0.3 is 5.97 Å². The molecule has 0 spiro atoms. The summed E-state index contributed by atoms with van der Waals surface area (Å²) in [5.41, 5.74) is 1.10. The number of hydrogen-bond acceptors (Lipinski definition) is 3. The van der Waals surface area contributed by atoms with Gasteiger partial charge in [0, 0.05) is 16.3 Å². The molecule has 2 rings (SSSR count). The van der Waals surface area contributed by atoms with E-state index in [1.807, 2.05) is 49.4 Å². The fourth-order valence-corrected chi connectivity index (χ4v) is 3.09. The molecule has 22 heavy (non-hydrogen) atoms. The second-order valence-electron chi connectivity index (χ2n) is 5.13. The molecule has 0 radical (unpaired) electrons. The van der Waals surface area contributed by atoms with Crippen molar-refractivity contribution in [2.75, 3.05) is 13.1 Å². The summed E-state index contributed by atoms with van der Waals surface area (Å²) in [6.45, 7) is 2.15. The van der Waals surface area contributed by atoms with Crippen LogP contribution in [0, 0.1) is 6.92 Å². The molecule has 5 heteroatoms. The highest BCUT2D eigenvalue weighted by atomic mass is 32.1. The van der Waals surface area contributed by atoms with Crippen molar-refractivity contribution >= 4 is 23.2 Å². The maximum absolute atomic E-state index is 12.3. The summed E-state index contributed by atoms with van der Waals surface area (Å²) in [5.74, 6) is -1.12. The maximum atomic E-state index is 12.3. The van der Waals surface area contributed by atoms with Gasteiger partial charge in [-0.1, -0.05) is 30.3 Å². The molecule has 0 unspecified atom stereocenters. The number of hydrogen-bond donors (Lipinski definition) is 1. The van der Waals surface area contributed by atoms with E-state index < -0.39 is 5.97 Å². The third-order valence-electron chi connectivity index (χ3n) is 3.31. The first-order chi connectivity index (χ1) is 10.5. The molecule has 1 aromatic heterocycles. The first kappa shape index (κ1) is 16.2. The van der Waals surface area contributed by atoms with Crippen LogP contribution in [0.1, 0.15) is 15.3 Å². The molecule has 4 nitrogen and oxygen atoms in total. The predicted octanol–water partition coefficient (Wildman–Crippen LogP) is 2.75. The van der Waals surface area contributed by atoms with Gasteiger partial charge in [0.2, 0.25) is 5.91 Å². The van der Waals surface area contributed by atoms with Gasteiger partial charge in [-0.25, -0.2) is 0 Å². The standard InChI is InChI=1S/C17H19NO3S/c1-13-7-8-15(22-13)11-16(19)18(12-17(20)21)10-9-14-5-3-2-4-6-14/h2-8H,9-12H2,1H3,(H,20,21). The van der Waals surface area contributed by atoms with E-state index in [1.165, 1.54) is 4.90 Å². The largest absolute Gasteiger partial charge is 0.480 e. The van der Waals surface area contributed by atoms with Crippen molar-refractivity contribution in [2.45, 2.75) is 19.8 Å². The molecular formula is C17H19NO3S. The minimum absolute atomic E-state index is 0.139. The number of benzene rings is 1. The van der Waals surface area contributed by atoms with Crippen LogP contribution in [-0.4, -0.2) is 35.0 Å². The highest BCUT2D eigenvalue weighted by Gasteiger charge is 2.17. The second-order valence-corrected chi connectivity index (χ2v) is 6.51. The smallest absolute Gasteiger partial charge is 0.323 e. The molecule has 2 aromatic rings. The van der Waals surface area contributed by atoms with Crippen LogP contribution >= 0.6 is 11.3 Å². The van der Waals surface area contributed by atoms with E-state index in [2.05, 4.69) is 0 Å². The van der Waals surface area contributed by atoms with Crippen LogP contribution in [-0.2, 0) is 22.4 Å². The van der Waals surface area contributed by atoms with Crippen molar-refractivity contribution in [3.05, 3.63) is 57.8 Å². The maximum Gasteiger partial charge on any atom is 0.323 e. The molecule has 0 aliphatic carbocycles. The number of thiophene rings is 1. The lowest BCUT2D eigenvalue weighted by atomic mass is 10.1. The zero-order valence-electron chi connectivity index (χ0n) is 12.5. The summed E-state index contributed by atoms with van der Waals surface area (Å²) in [6, 6.07) is 13.7. The number of nitrogens with zero attached hydrogens (tertiary/aromatic N) is 1. The van der Waals surface area contributed by atoms with Crippen LogP contribution in [0.4, 0.5) is 0 Å². The van der Waals surface area contributed by atoms with Crippen molar-refractivity contribution in [2.24, 2.45) is 0 Å². The summed E-state index contributed by atoms with van der Waals surface area (Å²) in [5, 5.41) is 9.01. The third kappa shape index (κ3) is 5.00. The van der Waals surface area contributed by atoms with Gasteiger partial charge in [0.05, 0.1) is 6.42 Å². The molecule has 0 aliphatic rings. The van der Waals surface area contributed by atoms with Crippen LogP contribution in [0.15, 0.2) is 42.5 Å². The van der Waals surface area contributed by atoms with Gasteiger partial charge in [-0.05, 0) is 31.0 Å². The third-order valence-corrected chi connectivity index (χ3v) is 4.31. The lowest BCUT2D eigenvalue weighted by molar-refractivity contribution is -0.144. The van der Waals surface area contributed by atoms with E-state index >= 15 is 0 Å². The number of carboxylic acids is 1. The number of amides is 1. The lowest BCUT2D eigenvalue weighted by Crippen LogP contribution is -2.38. The number of carbonyl (C=O) groups is 2. The molecule has 1 aromatic carbocycles. The number of aliphatic carboxylic acids is 1. The van der Waals surface area contributed by atoms with Crippen molar-refractivity contribution < 1.29 is 14.7 Å². The Bertz CT molecular complexity index is 636. The molecule has 1 heterocycles. The molecule has 0 aliphatic heterocycles. The molecule has 0 saturated heterocycles. The summed E-state index contributed by atoms with van der Waals surface area (Å²) < 4.78 is 0. The summed E-state index contributed by atoms with van der Waals surface area (Å²) >= 11 is 1.57. The lowest BCUT2D eigenvalue weighted by Gasteiger charge is -2.20. The van der Waals surface area contributed by atoms with Crippen molar-refractivity contribution in [3.63, 3.8) is 0 Å². The first-order valence-corrected chi connectivity index (χ1v) is 7.95. The zero-order chi connectivity index (χ0) is 15.9. The first-order valence-electron chi connectivity index (χ1n) is 7.13. The van der Waals surface area contributed by atoms with Gasteiger partial charge in [-0.2, -0.15) is 0 Å². The van der Waals surface area contributed by atoms with E-state index in [-0.39, 0.29) is 18.9 Å². The molecule has 1 amide bonds. The Morgan fingerprint density at radius 3 is 2.45 bits per heavy atom. The van der Waals surface area contributed by atoms with Crippen molar-refractivity contribution in [1.82, 2.24) is 4.90 Å². The Kier molecular flexibility index (Phi) is 5.72. The Morgan fingerprint density at radius 2 is 1.86 bits per heavy atom. The van der Waals surface area contributed by atoms with Gasteiger partial charge in [-0.15, -0.1) is 11.3 Å². The summed E-state index contributed by atoms with van der Waals surface area (Å²) in [4.78, 5) is 26.9. The van der Waals surface area contributed by atoms with E-state index in [9.17, 15) is 9.59 Å². The molecule has 0 fully saturated rings. The number of rotatable bonds is 7. The van der Waals surface area contributed by atoms with Crippen LogP contribution in [0.25, 0.3) is 0 Å². The van der Waals surface area contributed by atoms with Gasteiger partial charge in [0.1, 0.15) is 6.54 Å². The predicted molar refractivity (Wildman–Crippen MR) is 87.1 cm³/mol. The number of carboxylic acid groups (broad SMARTS) is 1. The van der Waals surface area contributed by atoms with Gasteiger partial charge in [-0.3, -0.25) is 9.59 Å². The monoisotopic (exact) mass is 317 g/mol. The number of aryl methyl sites for hydroxylation is 1. The fourth-order valence-electron chi connectivity index (χ4n) is 2.20. The molecular weight excluding hydrogens is 298 g/mol. The van der Waals surface area contributed by atoms with Crippen LogP contribution in [0.3, 0.4) is 0 Å². The zero-order valence-corrected chi connectivity index (χ0v) is 13.3. The van der Waals surface area contributed by atoms with Crippen molar-refractivity contribution in [1.29, 1.82) is 0 Å². The molecule has 0 bridgehead atoms. The highest BCUT2D eigenvalue weighted by molar-refractivity contribution is 7.12. The number of carbonyl (C=O) groups excluding carboxylic acids is 1. The van der Waals surface area contributed by atoms with Crippen LogP contribution in [0.2, 0.25) is 0 Å². The fraction of sp³-hybridized carbons (Fsp3) is 0.294. The van der Waals surface area contributed by atoms with E-state index in [4.69, 9.17) is 5.11 Å². The van der Waals surface area contributed by atoms with Crippen LogP contribution in [0.5, 0.6) is 0 Å². The Morgan fingerprint density at radius 1 is 1.14 bits per heavy atom. The average molecular weight is 317 g/mol. The Hall–Kier alpha value is -2.14. The molecule has 1 N–H and O–H groups in total. The normalized spacial score (nSPS) is 10.4. The Labute approximate surface area is 134 Å². The molecule has 0 atom stereocenters. The van der Waals surface area contributed by atoms with E-state index in [1.54, 1.807) is 11.3 Å². The Balaban J connectivity index is 1.98. The average Bonchev–Trinajstić information content (AvgIpc) is 2.89. The highest BCUT2D eigenvalue weighted by Crippen LogP contribution is 2.16. The minimum atomic E-state index is -0.983. The van der Waals surface area contributed by atoms with Gasteiger partial charge in [0.25, 0.3) is 0 Å². The second kappa shape index (κ2) is 7.75. The van der Waals surface area contributed by atoms with Gasteiger partial charge < -0.3 is 10.0 Å². The molecule has 116 valence electrons. The van der Waals surface area contributed by atoms with Crippen LogP contribution < -0.4 is 0 Å². The molecule has 0 saturated carbocycles. The summed E-state index contributed by atoms with van der Waals surface area (Å²) in [6.07, 6.45) is 0.921. The SMILES string of the molecule is Cc1ccc(CC(=O)N(CCc2ccccc2)CC(=O)O)s1. The van der Waals surface area contributed by atoms with E-state index in [0.717, 1.165) is 15.3 Å². The quantitative estimate of drug-likeness (QED) is 0.854.